The summed E-state index contributed by atoms with van der Waals surface area (Å²) in [7, 11) is 0. The van der Waals surface area contributed by atoms with E-state index in [1.165, 1.54) is 31.2 Å². The van der Waals surface area contributed by atoms with Crippen molar-refractivity contribution in [2.24, 2.45) is 5.41 Å². The molecular formula is C15H18N2O7. The topological polar surface area (TPSA) is 150 Å². The van der Waals surface area contributed by atoms with Crippen molar-refractivity contribution in [2.75, 3.05) is 6.61 Å². The van der Waals surface area contributed by atoms with Crippen LogP contribution in [-0.2, 0) is 16.0 Å². The molecule has 1 aliphatic rings. The Hall–Kier alpha value is -2.36. The summed E-state index contributed by atoms with van der Waals surface area (Å²) >= 11 is 0. The zero-order valence-corrected chi connectivity index (χ0v) is 12.9. The minimum Gasteiger partial charge on any atom is -0.396 e. The zero-order valence-electron chi connectivity index (χ0n) is 12.9. The third-order valence-corrected chi connectivity index (χ3v) is 4.52. The van der Waals surface area contributed by atoms with Crippen LogP contribution in [0.1, 0.15) is 18.9 Å². The molecule has 0 spiro atoms. The van der Waals surface area contributed by atoms with Crippen molar-refractivity contribution in [3.8, 4) is 0 Å². The smallest absolute Gasteiger partial charge is 0.269 e. The molecular weight excluding hydrogens is 320 g/mol. The van der Waals surface area contributed by atoms with Gasteiger partial charge in [0, 0.05) is 25.2 Å². The van der Waals surface area contributed by atoms with E-state index in [4.69, 9.17) is 5.11 Å². The average molecular weight is 338 g/mol. The van der Waals surface area contributed by atoms with E-state index in [0.29, 0.717) is 5.56 Å². The van der Waals surface area contributed by atoms with E-state index >= 15 is 0 Å². The van der Waals surface area contributed by atoms with Crippen LogP contribution in [0.4, 0.5) is 5.69 Å². The zero-order chi connectivity index (χ0) is 18.1. The fourth-order valence-corrected chi connectivity index (χ4v) is 2.76. The Morgan fingerprint density at radius 2 is 1.96 bits per heavy atom. The second kappa shape index (κ2) is 6.27. The summed E-state index contributed by atoms with van der Waals surface area (Å²) in [5.74, 6) is -4.61. The highest BCUT2D eigenvalue weighted by Gasteiger charge is 2.66. The first-order valence-electron chi connectivity index (χ1n) is 7.27. The van der Waals surface area contributed by atoms with Crippen molar-refractivity contribution >= 4 is 17.4 Å². The predicted molar refractivity (Wildman–Crippen MR) is 80.7 cm³/mol. The molecule has 130 valence electrons. The van der Waals surface area contributed by atoms with Gasteiger partial charge in [-0.05, 0) is 18.9 Å². The number of carbonyl (C=O) groups excluding carboxylic acids is 2. The number of β-lactam (4-membered cyclic amide) rings is 1. The predicted octanol–water partition coefficient (Wildman–Crippen LogP) is -0.726. The number of amides is 1. The second-order valence-electron chi connectivity index (χ2n) is 5.94. The van der Waals surface area contributed by atoms with E-state index in [1.807, 2.05) is 0 Å². The van der Waals surface area contributed by atoms with Gasteiger partial charge in [-0.3, -0.25) is 19.7 Å². The van der Waals surface area contributed by atoms with Gasteiger partial charge in [0.1, 0.15) is 5.41 Å². The molecule has 0 saturated carbocycles. The molecule has 1 aromatic carbocycles. The average Bonchev–Trinajstić information content (AvgIpc) is 2.54. The number of nitrogens with one attached hydrogen (secondary N) is 1. The molecule has 1 fully saturated rings. The van der Waals surface area contributed by atoms with Crippen molar-refractivity contribution < 1.29 is 29.8 Å². The molecule has 1 aromatic rings. The van der Waals surface area contributed by atoms with Gasteiger partial charge in [-0.1, -0.05) is 12.1 Å². The SMILES string of the molecule is CC1(C(O)(O)C(=O)Cc2ccc([N+](=O)[O-])cc2)C(=O)NC1CCO. The maximum atomic E-state index is 12.3. The number of Topliss-reactive ketones (excluding diaryl/α,β-unsaturated/α-hetero) is 1. The van der Waals surface area contributed by atoms with Crippen LogP contribution in [0.15, 0.2) is 24.3 Å². The summed E-state index contributed by atoms with van der Waals surface area (Å²) in [5.41, 5.74) is -1.58. The van der Waals surface area contributed by atoms with Gasteiger partial charge < -0.3 is 20.6 Å². The summed E-state index contributed by atoms with van der Waals surface area (Å²) in [6.07, 6.45) is -0.324. The van der Waals surface area contributed by atoms with Gasteiger partial charge in [0.2, 0.25) is 11.7 Å². The van der Waals surface area contributed by atoms with Gasteiger partial charge >= 0.3 is 0 Å². The summed E-state index contributed by atoms with van der Waals surface area (Å²) in [5, 5.41) is 42.6. The van der Waals surface area contributed by atoms with Crippen molar-refractivity contribution in [3.05, 3.63) is 39.9 Å². The number of rotatable bonds is 7. The van der Waals surface area contributed by atoms with E-state index in [-0.39, 0.29) is 18.7 Å². The highest BCUT2D eigenvalue weighted by atomic mass is 16.6. The lowest BCUT2D eigenvalue weighted by Gasteiger charge is -2.51. The van der Waals surface area contributed by atoms with Crippen LogP contribution in [0.2, 0.25) is 0 Å². The summed E-state index contributed by atoms with van der Waals surface area (Å²) in [6.45, 7) is 0.965. The molecule has 1 saturated heterocycles. The monoisotopic (exact) mass is 338 g/mol. The fraction of sp³-hybridized carbons (Fsp3) is 0.467. The Balaban J connectivity index is 2.18. The lowest BCUT2D eigenvalue weighted by molar-refractivity contribution is -0.384. The molecule has 1 heterocycles. The van der Waals surface area contributed by atoms with Crippen LogP contribution in [0.5, 0.6) is 0 Å². The van der Waals surface area contributed by atoms with Crippen LogP contribution in [-0.4, -0.2) is 50.4 Å². The van der Waals surface area contributed by atoms with Gasteiger partial charge in [-0.2, -0.15) is 0 Å². The third-order valence-electron chi connectivity index (χ3n) is 4.52. The molecule has 0 radical (unpaired) electrons. The molecule has 24 heavy (non-hydrogen) atoms. The normalized spacial score (nSPS) is 23.3. The van der Waals surface area contributed by atoms with Crippen LogP contribution < -0.4 is 5.32 Å². The van der Waals surface area contributed by atoms with Crippen molar-refractivity contribution in [2.45, 2.75) is 31.6 Å². The van der Waals surface area contributed by atoms with Crippen LogP contribution >= 0.6 is 0 Å². The summed E-state index contributed by atoms with van der Waals surface area (Å²) in [6, 6.07) is 4.32. The Morgan fingerprint density at radius 3 is 2.42 bits per heavy atom. The van der Waals surface area contributed by atoms with E-state index in [0.717, 1.165) is 0 Å². The first-order chi connectivity index (χ1) is 11.1. The first-order valence-corrected chi connectivity index (χ1v) is 7.27. The quantitative estimate of drug-likeness (QED) is 0.222. The second-order valence-corrected chi connectivity index (χ2v) is 5.94. The van der Waals surface area contributed by atoms with Crippen molar-refractivity contribution in [1.82, 2.24) is 5.32 Å². The molecule has 9 nitrogen and oxygen atoms in total. The standard InChI is InChI=1S/C15H18N2O7/c1-14(11(6-7-18)16-13(14)20)15(21,22)12(19)8-9-2-4-10(5-3-9)17(23)24/h2-5,11,18,21-22H,6-8H2,1H3,(H,16,20). The molecule has 0 aliphatic carbocycles. The van der Waals surface area contributed by atoms with Gasteiger partial charge in [0.15, 0.2) is 5.78 Å². The Kier molecular flexibility index (Phi) is 4.70. The van der Waals surface area contributed by atoms with Crippen LogP contribution in [0.3, 0.4) is 0 Å². The van der Waals surface area contributed by atoms with E-state index in [2.05, 4.69) is 5.32 Å². The van der Waals surface area contributed by atoms with Crippen LogP contribution in [0, 0.1) is 15.5 Å². The van der Waals surface area contributed by atoms with E-state index < -0.39 is 40.3 Å². The summed E-state index contributed by atoms with van der Waals surface area (Å²) < 4.78 is 0. The Morgan fingerprint density at radius 1 is 1.38 bits per heavy atom. The Bertz CT molecular complexity index is 671. The Labute approximate surface area is 137 Å². The maximum Gasteiger partial charge on any atom is 0.269 e. The van der Waals surface area contributed by atoms with Gasteiger partial charge in [0.05, 0.1) is 11.0 Å². The molecule has 1 amide bonds. The first kappa shape index (κ1) is 18.0. The number of benzene rings is 1. The number of ketones is 1. The molecule has 9 heteroatoms. The highest BCUT2D eigenvalue weighted by molar-refractivity contribution is 5.99. The van der Waals surface area contributed by atoms with Crippen molar-refractivity contribution in [3.63, 3.8) is 0 Å². The fourth-order valence-electron chi connectivity index (χ4n) is 2.76. The number of aliphatic hydroxyl groups is 3. The minimum absolute atomic E-state index is 0.0793. The van der Waals surface area contributed by atoms with Crippen LogP contribution in [0.25, 0.3) is 0 Å². The largest absolute Gasteiger partial charge is 0.396 e. The molecule has 1 aliphatic heterocycles. The molecule has 4 N–H and O–H groups in total. The van der Waals surface area contributed by atoms with Gasteiger partial charge in [-0.25, -0.2) is 0 Å². The number of aliphatic hydroxyl groups excluding tert-OH is 1. The molecule has 0 bridgehead atoms. The number of hydrogen-bond acceptors (Lipinski definition) is 7. The molecule has 2 unspecified atom stereocenters. The third kappa shape index (κ3) is 2.77. The van der Waals surface area contributed by atoms with Gasteiger partial charge in [-0.15, -0.1) is 0 Å². The molecule has 0 aromatic heterocycles. The maximum absolute atomic E-state index is 12.3. The number of nitro groups is 1. The number of nitro benzene ring substituents is 1. The molecule has 2 rings (SSSR count). The lowest BCUT2D eigenvalue weighted by Crippen LogP contribution is -2.76. The van der Waals surface area contributed by atoms with Crippen molar-refractivity contribution in [1.29, 1.82) is 0 Å². The molecule has 2 atom stereocenters. The number of carbonyl (C=O) groups is 2. The number of hydrogen-bond donors (Lipinski definition) is 4. The van der Waals surface area contributed by atoms with Gasteiger partial charge in [0.25, 0.3) is 5.69 Å². The highest BCUT2D eigenvalue weighted by Crippen LogP contribution is 2.42. The summed E-state index contributed by atoms with van der Waals surface area (Å²) in [4.78, 5) is 34.1. The van der Waals surface area contributed by atoms with E-state index in [1.54, 1.807) is 0 Å². The van der Waals surface area contributed by atoms with E-state index in [9.17, 15) is 29.9 Å². The lowest BCUT2D eigenvalue weighted by atomic mass is 9.65. The minimum atomic E-state index is -2.92. The number of nitrogens with zero attached hydrogens (tertiary/aromatic N) is 1. The number of non-ortho nitro benzene ring substituents is 1.